The van der Waals surface area contributed by atoms with Crippen molar-refractivity contribution in [3.05, 3.63) is 55.6 Å². The van der Waals surface area contributed by atoms with Crippen LogP contribution in [0.3, 0.4) is 0 Å². The van der Waals surface area contributed by atoms with E-state index in [0.29, 0.717) is 0 Å². The van der Waals surface area contributed by atoms with Crippen LogP contribution in [0.2, 0.25) is 0 Å². The van der Waals surface area contributed by atoms with Crippen molar-refractivity contribution in [3.8, 4) is 0 Å². The smallest absolute Gasteiger partial charge is 0.196 e. The number of hydrogen-bond acceptors (Lipinski definition) is 0. The fraction of sp³-hybridized carbons (Fsp3) is 0.583. The largest absolute Gasteiger partial charge is 2.00 e. The SMILES string of the molecule is CCCc1c(C)c(C)c(C)[c-]1C.CCCc1c(C)c(C)c(C)[c-]1C.[Mg+2]. The quantitative estimate of drug-likeness (QED) is 0.420. The maximum Gasteiger partial charge on any atom is 2.00 e. The van der Waals surface area contributed by atoms with E-state index in [-0.39, 0.29) is 23.1 Å². The first kappa shape index (κ1) is 24.5. The molecular weight excluding hydrogens is 313 g/mol. The van der Waals surface area contributed by atoms with Crippen LogP contribution >= 0.6 is 0 Å². The van der Waals surface area contributed by atoms with Crippen molar-refractivity contribution in [1.29, 1.82) is 0 Å². The van der Waals surface area contributed by atoms with Gasteiger partial charge in [-0.3, -0.25) is 0 Å². The summed E-state index contributed by atoms with van der Waals surface area (Å²) < 4.78 is 0. The molecule has 0 aliphatic heterocycles. The van der Waals surface area contributed by atoms with Crippen molar-refractivity contribution in [2.75, 3.05) is 0 Å². The molecule has 0 unspecified atom stereocenters. The van der Waals surface area contributed by atoms with Gasteiger partial charge in [0.1, 0.15) is 0 Å². The van der Waals surface area contributed by atoms with Crippen molar-refractivity contribution < 1.29 is 0 Å². The third-order valence-corrected chi connectivity index (χ3v) is 6.19. The maximum absolute atomic E-state index is 2.25. The first-order valence-electron chi connectivity index (χ1n) is 9.62. The van der Waals surface area contributed by atoms with E-state index in [4.69, 9.17) is 0 Å². The molecule has 0 radical (unpaired) electrons. The summed E-state index contributed by atoms with van der Waals surface area (Å²) in [6.45, 7) is 22.4. The summed E-state index contributed by atoms with van der Waals surface area (Å²) in [4.78, 5) is 0. The molecule has 0 saturated heterocycles. The van der Waals surface area contributed by atoms with Gasteiger partial charge in [-0.05, 0) is 0 Å². The van der Waals surface area contributed by atoms with E-state index in [0.717, 1.165) is 0 Å². The van der Waals surface area contributed by atoms with Crippen molar-refractivity contribution in [3.63, 3.8) is 0 Å². The minimum absolute atomic E-state index is 0. The molecule has 136 valence electrons. The van der Waals surface area contributed by atoms with Crippen LogP contribution in [0.1, 0.15) is 82.3 Å². The Balaban J connectivity index is 0.000000443. The predicted octanol–water partition coefficient (Wildman–Crippen LogP) is 6.80. The Morgan fingerprint density at radius 3 is 1.00 bits per heavy atom. The van der Waals surface area contributed by atoms with Gasteiger partial charge in [-0.15, -0.1) is 0 Å². The Morgan fingerprint density at radius 1 is 0.560 bits per heavy atom. The fourth-order valence-electron chi connectivity index (χ4n) is 3.84. The summed E-state index contributed by atoms with van der Waals surface area (Å²) in [5.41, 5.74) is 15.2. The topological polar surface area (TPSA) is 0 Å². The van der Waals surface area contributed by atoms with Gasteiger partial charge in [-0.2, -0.15) is 55.6 Å². The molecule has 0 nitrogen and oxygen atoms in total. The monoisotopic (exact) mass is 350 g/mol. The second-order valence-electron chi connectivity index (χ2n) is 7.46. The van der Waals surface area contributed by atoms with E-state index < -0.39 is 0 Å². The molecule has 0 aromatic heterocycles. The Bertz CT molecular complexity index is 569. The van der Waals surface area contributed by atoms with E-state index in [1.165, 1.54) is 70.2 Å². The molecule has 2 aromatic rings. The van der Waals surface area contributed by atoms with Crippen LogP contribution in [0.25, 0.3) is 0 Å². The van der Waals surface area contributed by atoms with Gasteiger partial charge in [0.05, 0.1) is 0 Å². The molecule has 0 amide bonds. The first-order valence-corrected chi connectivity index (χ1v) is 9.62. The van der Waals surface area contributed by atoms with Crippen LogP contribution in [0.4, 0.5) is 0 Å². The fourth-order valence-corrected chi connectivity index (χ4v) is 3.84. The Morgan fingerprint density at radius 2 is 0.840 bits per heavy atom. The average molecular weight is 351 g/mol. The van der Waals surface area contributed by atoms with Crippen molar-refractivity contribution in [2.45, 2.75) is 94.9 Å². The zero-order valence-corrected chi connectivity index (χ0v) is 19.9. The van der Waals surface area contributed by atoms with Crippen LogP contribution in [-0.2, 0) is 12.8 Å². The van der Waals surface area contributed by atoms with Crippen LogP contribution < -0.4 is 0 Å². The van der Waals surface area contributed by atoms with Gasteiger partial charge in [0, 0.05) is 0 Å². The minimum Gasteiger partial charge on any atom is -0.196 e. The Hall–Kier alpha value is -0.534. The number of rotatable bonds is 4. The molecule has 0 heterocycles. The maximum atomic E-state index is 2.25. The van der Waals surface area contributed by atoms with Gasteiger partial charge < -0.3 is 0 Å². The number of hydrogen-bond donors (Lipinski definition) is 0. The predicted molar refractivity (Wildman–Crippen MR) is 116 cm³/mol. The Kier molecular flexibility index (Phi) is 10.3. The van der Waals surface area contributed by atoms with Gasteiger partial charge in [-0.1, -0.05) is 94.9 Å². The van der Waals surface area contributed by atoms with Crippen LogP contribution in [0.5, 0.6) is 0 Å². The summed E-state index contributed by atoms with van der Waals surface area (Å²) in [6, 6.07) is 0. The van der Waals surface area contributed by atoms with E-state index in [1.54, 1.807) is 11.1 Å². The Labute approximate surface area is 173 Å². The van der Waals surface area contributed by atoms with Crippen LogP contribution in [0.15, 0.2) is 0 Å². The average Bonchev–Trinajstić information content (AvgIpc) is 2.86. The standard InChI is InChI=1S/2C12H19.Mg/c2*1-6-7-12-10(4)8(2)9(3)11(12)5;/h2*6-7H2,1-5H3;/q2*-1;+2. The van der Waals surface area contributed by atoms with Gasteiger partial charge in [-0.25, -0.2) is 0 Å². The molecule has 0 bridgehead atoms. The van der Waals surface area contributed by atoms with Crippen LogP contribution in [-0.4, -0.2) is 23.1 Å². The first-order chi connectivity index (χ1) is 11.2. The van der Waals surface area contributed by atoms with Crippen LogP contribution in [0, 0.1) is 55.4 Å². The molecular formula is C24H38Mg. The van der Waals surface area contributed by atoms with Gasteiger partial charge >= 0.3 is 23.1 Å². The summed E-state index contributed by atoms with van der Waals surface area (Å²) >= 11 is 0. The van der Waals surface area contributed by atoms with Gasteiger partial charge in [0.2, 0.25) is 0 Å². The molecule has 1 heteroatoms. The molecule has 0 aliphatic carbocycles. The summed E-state index contributed by atoms with van der Waals surface area (Å²) in [5.74, 6) is 0. The van der Waals surface area contributed by atoms with E-state index in [1.807, 2.05) is 0 Å². The molecule has 2 aromatic carbocycles. The van der Waals surface area contributed by atoms with Crippen molar-refractivity contribution in [2.24, 2.45) is 0 Å². The minimum atomic E-state index is 0. The molecule has 0 N–H and O–H groups in total. The third kappa shape index (κ3) is 5.23. The van der Waals surface area contributed by atoms with E-state index in [2.05, 4.69) is 69.2 Å². The summed E-state index contributed by atoms with van der Waals surface area (Å²) in [5, 5.41) is 0. The summed E-state index contributed by atoms with van der Waals surface area (Å²) in [6.07, 6.45) is 4.99. The van der Waals surface area contributed by atoms with E-state index in [9.17, 15) is 0 Å². The molecule has 0 fully saturated rings. The molecule has 0 saturated carbocycles. The molecule has 2 rings (SSSR count). The third-order valence-electron chi connectivity index (χ3n) is 6.19. The normalized spacial score (nSPS) is 10.3. The molecule has 0 atom stereocenters. The molecule has 25 heavy (non-hydrogen) atoms. The zero-order valence-electron chi connectivity index (χ0n) is 18.5. The zero-order chi connectivity index (χ0) is 18.6. The van der Waals surface area contributed by atoms with E-state index >= 15 is 0 Å². The molecule has 0 aliphatic rings. The van der Waals surface area contributed by atoms with Crippen molar-refractivity contribution in [1.82, 2.24) is 0 Å². The summed E-state index contributed by atoms with van der Waals surface area (Å²) in [7, 11) is 0. The van der Waals surface area contributed by atoms with Gasteiger partial charge in [0.25, 0.3) is 0 Å². The second-order valence-corrected chi connectivity index (χ2v) is 7.46. The second kappa shape index (κ2) is 10.6. The van der Waals surface area contributed by atoms with Gasteiger partial charge in [0.15, 0.2) is 0 Å². The molecule has 0 spiro atoms. The van der Waals surface area contributed by atoms with Crippen molar-refractivity contribution >= 4 is 23.1 Å².